The van der Waals surface area contributed by atoms with E-state index in [1.807, 2.05) is 18.2 Å². The molecule has 0 N–H and O–H groups in total. The number of benzene rings is 1. The molecule has 1 nitrogen and oxygen atoms in total. The van der Waals surface area contributed by atoms with Crippen LogP contribution in [0.15, 0.2) is 22.7 Å². The highest BCUT2D eigenvalue weighted by Gasteiger charge is 1.98. The zero-order valence-electron chi connectivity index (χ0n) is 6.30. The summed E-state index contributed by atoms with van der Waals surface area (Å²) in [5.74, 6) is 0.835. The van der Waals surface area contributed by atoms with Crippen LogP contribution >= 0.6 is 15.9 Å². The maximum atomic E-state index is 5.45. The number of methoxy groups -OCH3 is 1. The molecule has 1 aromatic rings. The molecule has 56 valence electrons. The van der Waals surface area contributed by atoms with Gasteiger partial charge in [-0.25, -0.2) is 0 Å². The number of hydrogen-bond donors (Lipinski definition) is 0. The van der Waals surface area contributed by atoms with Crippen LogP contribution in [0.3, 0.4) is 0 Å². The zero-order valence-corrected chi connectivity index (χ0v) is 7.89. The Morgan fingerprint density at radius 3 is 2.73 bits per heavy atom. The fourth-order valence-corrected chi connectivity index (χ4v) is 1.42. The molecule has 0 fully saturated rings. The molecule has 0 bridgehead atoms. The van der Waals surface area contributed by atoms with Crippen LogP contribution in [0.5, 0.6) is 5.75 Å². The summed E-state index contributed by atoms with van der Waals surface area (Å²) in [5.41, 5.74) is 1.10. The molecule has 0 saturated heterocycles. The van der Waals surface area contributed by atoms with Gasteiger partial charge < -0.3 is 4.74 Å². The van der Waals surface area contributed by atoms with Gasteiger partial charge >= 0.3 is 0 Å². The predicted octanol–water partition coefficient (Wildman–Crippen LogP) is 2.13. The third-order valence-electron chi connectivity index (χ3n) is 1.45. The number of rotatable bonds is 2. The minimum Gasteiger partial charge on any atom is -0.496 e. The zero-order chi connectivity index (χ0) is 8.27. The Morgan fingerprint density at radius 2 is 2.27 bits per heavy atom. The van der Waals surface area contributed by atoms with E-state index in [0.717, 1.165) is 15.8 Å². The van der Waals surface area contributed by atoms with Crippen molar-refractivity contribution in [2.75, 3.05) is 7.11 Å². The van der Waals surface area contributed by atoms with Crippen LogP contribution in [0.4, 0.5) is 0 Å². The van der Waals surface area contributed by atoms with Gasteiger partial charge in [-0.2, -0.15) is 0 Å². The van der Waals surface area contributed by atoms with Gasteiger partial charge in [0.05, 0.1) is 19.4 Å². The second-order valence-electron chi connectivity index (χ2n) is 2.17. The van der Waals surface area contributed by atoms with Gasteiger partial charge in [-0.1, -0.05) is 17.9 Å². The van der Waals surface area contributed by atoms with E-state index in [4.69, 9.17) is 12.6 Å². The molecule has 0 saturated carbocycles. The van der Waals surface area contributed by atoms with Crippen molar-refractivity contribution in [2.45, 2.75) is 6.32 Å². The normalized spacial score (nSPS) is 9.64. The monoisotopic (exact) mass is 210 g/mol. The summed E-state index contributed by atoms with van der Waals surface area (Å²) in [4.78, 5) is 0. The lowest BCUT2D eigenvalue weighted by atomic mass is 9.97. The third-order valence-corrected chi connectivity index (χ3v) is 2.07. The van der Waals surface area contributed by atoms with Crippen LogP contribution in [0, 0.1) is 0 Å². The van der Waals surface area contributed by atoms with Gasteiger partial charge in [0.15, 0.2) is 0 Å². The molecule has 0 atom stereocenters. The largest absolute Gasteiger partial charge is 0.496 e. The summed E-state index contributed by atoms with van der Waals surface area (Å²) in [6.07, 6.45) is 0.558. The molecule has 1 rings (SSSR count). The fraction of sp³-hybridized carbons (Fsp3) is 0.250. The van der Waals surface area contributed by atoms with E-state index >= 15 is 0 Å². The molecule has 0 unspecified atom stereocenters. The van der Waals surface area contributed by atoms with Crippen LogP contribution < -0.4 is 4.74 Å². The molecule has 1 aromatic carbocycles. The molecule has 0 aromatic heterocycles. The van der Waals surface area contributed by atoms with Crippen LogP contribution in [0.2, 0.25) is 0 Å². The molecule has 0 aliphatic rings. The van der Waals surface area contributed by atoms with Crippen molar-refractivity contribution in [2.24, 2.45) is 0 Å². The molecule has 2 radical (unpaired) electrons. The van der Waals surface area contributed by atoms with Crippen molar-refractivity contribution < 1.29 is 4.74 Å². The Bertz CT molecular complexity index is 250. The SMILES string of the molecule is [B]Cc1ccc(OC)c(Br)c1. The average Bonchev–Trinajstić information content (AvgIpc) is 2.04. The van der Waals surface area contributed by atoms with Crippen molar-refractivity contribution in [3.8, 4) is 5.75 Å². The van der Waals surface area contributed by atoms with Crippen molar-refractivity contribution in [3.63, 3.8) is 0 Å². The summed E-state index contributed by atoms with van der Waals surface area (Å²) >= 11 is 3.37. The topological polar surface area (TPSA) is 9.23 Å². The fourth-order valence-electron chi connectivity index (χ4n) is 0.837. The van der Waals surface area contributed by atoms with Crippen molar-refractivity contribution in [3.05, 3.63) is 28.2 Å². The molecule has 0 aliphatic carbocycles. The summed E-state index contributed by atoms with van der Waals surface area (Å²) in [6.45, 7) is 0. The Hall–Kier alpha value is -0.435. The molecule has 0 spiro atoms. The minimum atomic E-state index is 0.558. The smallest absolute Gasteiger partial charge is 0.133 e. The standard InChI is InChI=1S/C8H8BBrO/c1-11-8-3-2-6(5-9)4-7(8)10/h2-4H,5H2,1H3. The first kappa shape index (κ1) is 8.66. The first-order valence-corrected chi connectivity index (χ1v) is 4.09. The van der Waals surface area contributed by atoms with E-state index < -0.39 is 0 Å². The van der Waals surface area contributed by atoms with Gasteiger partial charge in [0.25, 0.3) is 0 Å². The number of halogens is 1. The van der Waals surface area contributed by atoms with Gasteiger partial charge in [-0.15, -0.1) is 0 Å². The van der Waals surface area contributed by atoms with Gasteiger partial charge in [-0.3, -0.25) is 0 Å². The maximum Gasteiger partial charge on any atom is 0.133 e. The van der Waals surface area contributed by atoms with E-state index in [0.29, 0.717) is 6.32 Å². The van der Waals surface area contributed by atoms with Crippen LogP contribution in [0.1, 0.15) is 5.56 Å². The highest BCUT2D eigenvalue weighted by atomic mass is 79.9. The van der Waals surface area contributed by atoms with Crippen molar-refractivity contribution in [1.82, 2.24) is 0 Å². The average molecular weight is 211 g/mol. The molecular formula is C8H8BBrO. The molecule has 0 heterocycles. The maximum absolute atomic E-state index is 5.45. The first-order chi connectivity index (χ1) is 5.27. The molecule has 0 amide bonds. The predicted molar refractivity (Wildman–Crippen MR) is 50.2 cm³/mol. The molecular weight excluding hydrogens is 203 g/mol. The Balaban J connectivity index is 2.99. The van der Waals surface area contributed by atoms with E-state index in [2.05, 4.69) is 15.9 Å². The van der Waals surface area contributed by atoms with E-state index in [1.54, 1.807) is 7.11 Å². The van der Waals surface area contributed by atoms with E-state index in [-0.39, 0.29) is 0 Å². The Morgan fingerprint density at radius 1 is 1.55 bits per heavy atom. The summed E-state index contributed by atoms with van der Waals surface area (Å²) < 4.78 is 6.00. The van der Waals surface area contributed by atoms with E-state index in [1.165, 1.54) is 0 Å². The lowest BCUT2D eigenvalue weighted by Gasteiger charge is -2.03. The van der Waals surface area contributed by atoms with Gasteiger partial charge in [0.1, 0.15) is 5.75 Å². The Kier molecular flexibility index (Phi) is 3.00. The highest BCUT2D eigenvalue weighted by molar-refractivity contribution is 9.10. The van der Waals surface area contributed by atoms with Crippen LogP contribution in [0.25, 0.3) is 0 Å². The second-order valence-corrected chi connectivity index (χ2v) is 3.03. The van der Waals surface area contributed by atoms with Crippen molar-refractivity contribution >= 4 is 23.8 Å². The first-order valence-electron chi connectivity index (χ1n) is 3.30. The third kappa shape index (κ3) is 1.99. The quantitative estimate of drug-likeness (QED) is 0.680. The molecule has 0 aliphatic heterocycles. The molecule has 3 heteroatoms. The summed E-state index contributed by atoms with van der Waals surface area (Å²) in [6, 6.07) is 5.80. The molecule has 11 heavy (non-hydrogen) atoms. The van der Waals surface area contributed by atoms with Gasteiger partial charge in [0.2, 0.25) is 0 Å². The second kappa shape index (κ2) is 3.81. The van der Waals surface area contributed by atoms with Crippen LogP contribution in [-0.2, 0) is 6.32 Å². The minimum absolute atomic E-state index is 0.558. The van der Waals surface area contributed by atoms with Gasteiger partial charge in [-0.05, 0) is 28.1 Å². The Labute approximate surface area is 76.3 Å². The number of hydrogen-bond acceptors (Lipinski definition) is 1. The lowest BCUT2D eigenvalue weighted by Crippen LogP contribution is -1.87. The van der Waals surface area contributed by atoms with Crippen LogP contribution in [-0.4, -0.2) is 15.0 Å². The highest BCUT2D eigenvalue weighted by Crippen LogP contribution is 2.25. The summed E-state index contributed by atoms with van der Waals surface area (Å²) in [7, 11) is 7.09. The van der Waals surface area contributed by atoms with Crippen molar-refractivity contribution in [1.29, 1.82) is 0 Å². The lowest BCUT2D eigenvalue weighted by molar-refractivity contribution is 0.412. The summed E-state index contributed by atoms with van der Waals surface area (Å²) in [5, 5.41) is 0. The number of ether oxygens (including phenoxy) is 1. The van der Waals surface area contributed by atoms with Gasteiger partial charge in [0, 0.05) is 0 Å². The van der Waals surface area contributed by atoms with E-state index in [9.17, 15) is 0 Å².